The maximum atomic E-state index is 4.47. The van der Waals surface area contributed by atoms with Crippen LogP contribution in [0, 0.1) is 11.8 Å². The minimum Gasteiger partial charge on any atom is -0.261 e. The summed E-state index contributed by atoms with van der Waals surface area (Å²) in [5, 5.41) is 0. The van der Waals surface area contributed by atoms with E-state index in [1.807, 2.05) is 12.3 Å². The highest BCUT2D eigenvalue weighted by molar-refractivity contribution is 5.10. The smallest absolute Gasteiger partial charge is 0.0434 e. The van der Waals surface area contributed by atoms with Gasteiger partial charge in [-0.1, -0.05) is 19.9 Å². The van der Waals surface area contributed by atoms with Gasteiger partial charge in [0.15, 0.2) is 0 Å². The summed E-state index contributed by atoms with van der Waals surface area (Å²) in [6.07, 6.45) is 7.36. The van der Waals surface area contributed by atoms with Crippen LogP contribution in [-0.4, -0.2) is 4.98 Å². The molecule has 0 N–H and O–H groups in total. The van der Waals surface area contributed by atoms with Crippen molar-refractivity contribution < 1.29 is 0 Å². The first-order valence-electron chi connectivity index (χ1n) is 6.18. The maximum Gasteiger partial charge on any atom is 0.0434 e. The van der Waals surface area contributed by atoms with Crippen molar-refractivity contribution in [2.45, 2.75) is 45.4 Å². The van der Waals surface area contributed by atoms with E-state index >= 15 is 0 Å². The van der Waals surface area contributed by atoms with Crippen LogP contribution in [0.2, 0.25) is 0 Å². The summed E-state index contributed by atoms with van der Waals surface area (Å²) in [5.41, 5.74) is 1.31. The van der Waals surface area contributed by atoms with Crippen LogP contribution in [0.4, 0.5) is 0 Å². The minimum atomic E-state index is 0.723. The van der Waals surface area contributed by atoms with Crippen LogP contribution in [0.15, 0.2) is 24.4 Å². The number of nitrogens with zero attached hydrogens (tertiary/aromatic N) is 1. The topological polar surface area (TPSA) is 12.9 Å². The van der Waals surface area contributed by atoms with Crippen LogP contribution in [0.3, 0.4) is 0 Å². The predicted molar refractivity (Wildman–Crippen MR) is 63.8 cm³/mol. The summed E-state index contributed by atoms with van der Waals surface area (Å²) in [6, 6.07) is 6.29. The van der Waals surface area contributed by atoms with E-state index in [9.17, 15) is 0 Å². The van der Waals surface area contributed by atoms with Gasteiger partial charge in [0.25, 0.3) is 0 Å². The third-order valence-electron chi connectivity index (χ3n) is 3.82. The summed E-state index contributed by atoms with van der Waals surface area (Å²) in [4.78, 5) is 4.47. The summed E-state index contributed by atoms with van der Waals surface area (Å²) in [5.74, 6) is 2.53. The lowest BCUT2D eigenvalue weighted by atomic mass is 9.76. The first kappa shape index (κ1) is 10.7. The molecule has 0 atom stereocenters. The molecule has 1 aliphatic rings. The molecule has 1 nitrogen and oxygen atoms in total. The van der Waals surface area contributed by atoms with Crippen LogP contribution in [-0.2, 0) is 0 Å². The summed E-state index contributed by atoms with van der Waals surface area (Å²) >= 11 is 0. The highest BCUT2D eigenvalue weighted by atomic mass is 14.7. The average molecular weight is 203 g/mol. The van der Waals surface area contributed by atoms with Gasteiger partial charge in [0.2, 0.25) is 0 Å². The van der Waals surface area contributed by atoms with Crippen LogP contribution in [0.1, 0.15) is 51.1 Å². The van der Waals surface area contributed by atoms with Gasteiger partial charge >= 0.3 is 0 Å². The molecule has 0 unspecified atom stereocenters. The van der Waals surface area contributed by atoms with Crippen molar-refractivity contribution in [2.24, 2.45) is 11.8 Å². The molecule has 0 aromatic carbocycles. The van der Waals surface area contributed by atoms with Gasteiger partial charge in [0.05, 0.1) is 0 Å². The van der Waals surface area contributed by atoms with E-state index in [0.29, 0.717) is 0 Å². The fraction of sp³-hybridized carbons (Fsp3) is 0.643. The molecule has 1 fully saturated rings. The van der Waals surface area contributed by atoms with Crippen molar-refractivity contribution in [3.63, 3.8) is 0 Å². The van der Waals surface area contributed by atoms with Crippen molar-refractivity contribution in [1.82, 2.24) is 4.98 Å². The van der Waals surface area contributed by atoms with E-state index < -0.39 is 0 Å². The van der Waals surface area contributed by atoms with Crippen molar-refractivity contribution in [3.8, 4) is 0 Å². The SMILES string of the molecule is CC(C)C1CCC(c2ccccn2)CC1. The number of hydrogen-bond acceptors (Lipinski definition) is 1. The number of rotatable bonds is 2. The summed E-state index contributed by atoms with van der Waals surface area (Å²) < 4.78 is 0. The lowest BCUT2D eigenvalue weighted by Gasteiger charge is -2.30. The number of pyridine rings is 1. The van der Waals surface area contributed by atoms with Crippen molar-refractivity contribution in [2.75, 3.05) is 0 Å². The van der Waals surface area contributed by atoms with E-state index in [1.54, 1.807) is 0 Å². The molecule has 82 valence electrons. The summed E-state index contributed by atoms with van der Waals surface area (Å²) in [6.45, 7) is 4.71. The second kappa shape index (κ2) is 4.78. The molecule has 1 aliphatic carbocycles. The molecule has 1 saturated carbocycles. The molecule has 2 rings (SSSR count). The Bertz CT molecular complexity index is 283. The van der Waals surface area contributed by atoms with E-state index in [1.165, 1.54) is 31.4 Å². The van der Waals surface area contributed by atoms with Gasteiger partial charge in [-0.05, 0) is 49.7 Å². The Kier molecular flexibility index (Phi) is 3.40. The molecule has 1 heteroatoms. The molecule has 1 heterocycles. The quantitative estimate of drug-likeness (QED) is 0.707. The zero-order chi connectivity index (χ0) is 10.7. The maximum absolute atomic E-state index is 4.47. The first-order chi connectivity index (χ1) is 7.27. The molecule has 0 aliphatic heterocycles. The third kappa shape index (κ3) is 2.58. The standard InChI is InChI=1S/C14H21N/c1-11(2)12-6-8-13(9-7-12)14-5-3-4-10-15-14/h3-5,10-13H,6-9H2,1-2H3. The van der Waals surface area contributed by atoms with Gasteiger partial charge < -0.3 is 0 Å². The Morgan fingerprint density at radius 1 is 1.13 bits per heavy atom. The largest absolute Gasteiger partial charge is 0.261 e. The van der Waals surface area contributed by atoms with E-state index in [0.717, 1.165) is 17.8 Å². The van der Waals surface area contributed by atoms with Crippen LogP contribution in [0.25, 0.3) is 0 Å². The zero-order valence-corrected chi connectivity index (χ0v) is 9.82. The van der Waals surface area contributed by atoms with E-state index in [4.69, 9.17) is 0 Å². The normalized spacial score (nSPS) is 26.9. The predicted octanol–water partition coefficient (Wildman–Crippen LogP) is 4.01. The van der Waals surface area contributed by atoms with Gasteiger partial charge in [-0.3, -0.25) is 4.98 Å². The molecule has 0 radical (unpaired) electrons. The Balaban J connectivity index is 1.94. The van der Waals surface area contributed by atoms with Gasteiger partial charge in [-0.15, -0.1) is 0 Å². The Hall–Kier alpha value is -0.850. The molecule has 0 bridgehead atoms. The lowest BCUT2D eigenvalue weighted by Crippen LogP contribution is -2.18. The second-order valence-electron chi connectivity index (χ2n) is 5.11. The van der Waals surface area contributed by atoms with Crippen LogP contribution < -0.4 is 0 Å². The molecular weight excluding hydrogens is 182 g/mol. The minimum absolute atomic E-state index is 0.723. The molecule has 0 amide bonds. The zero-order valence-electron chi connectivity index (χ0n) is 9.82. The van der Waals surface area contributed by atoms with E-state index in [2.05, 4.69) is 31.0 Å². The molecule has 1 aromatic heterocycles. The van der Waals surface area contributed by atoms with Crippen LogP contribution in [0.5, 0.6) is 0 Å². The Morgan fingerprint density at radius 3 is 2.40 bits per heavy atom. The molecule has 0 saturated heterocycles. The Labute approximate surface area is 92.9 Å². The third-order valence-corrected chi connectivity index (χ3v) is 3.82. The van der Waals surface area contributed by atoms with E-state index in [-0.39, 0.29) is 0 Å². The molecule has 1 aromatic rings. The lowest BCUT2D eigenvalue weighted by molar-refractivity contribution is 0.257. The molecule has 15 heavy (non-hydrogen) atoms. The highest BCUT2D eigenvalue weighted by Gasteiger charge is 2.24. The first-order valence-corrected chi connectivity index (χ1v) is 6.18. The van der Waals surface area contributed by atoms with Crippen molar-refractivity contribution in [1.29, 1.82) is 0 Å². The molecule has 0 spiro atoms. The fourth-order valence-electron chi connectivity index (χ4n) is 2.70. The molecular formula is C14H21N. The fourth-order valence-corrected chi connectivity index (χ4v) is 2.70. The van der Waals surface area contributed by atoms with Gasteiger partial charge in [0.1, 0.15) is 0 Å². The summed E-state index contributed by atoms with van der Waals surface area (Å²) in [7, 11) is 0. The number of aromatic nitrogens is 1. The Morgan fingerprint density at radius 2 is 1.87 bits per heavy atom. The number of hydrogen-bond donors (Lipinski definition) is 0. The van der Waals surface area contributed by atoms with Gasteiger partial charge in [-0.2, -0.15) is 0 Å². The van der Waals surface area contributed by atoms with Gasteiger partial charge in [0, 0.05) is 17.8 Å². The van der Waals surface area contributed by atoms with Gasteiger partial charge in [-0.25, -0.2) is 0 Å². The highest BCUT2D eigenvalue weighted by Crippen LogP contribution is 2.37. The van der Waals surface area contributed by atoms with Crippen molar-refractivity contribution in [3.05, 3.63) is 30.1 Å². The second-order valence-corrected chi connectivity index (χ2v) is 5.11. The van der Waals surface area contributed by atoms with Crippen LogP contribution >= 0.6 is 0 Å². The monoisotopic (exact) mass is 203 g/mol. The average Bonchev–Trinajstić information content (AvgIpc) is 2.30. The van der Waals surface area contributed by atoms with Crippen molar-refractivity contribution >= 4 is 0 Å².